The summed E-state index contributed by atoms with van der Waals surface area (Å²) in [4.78, 5) is 51.8. The second kappa shape index (κ2) is 6.38. The Hall–Kier alpha value is -1.76. The molecular weight excluding hydrogens is 388 g/mol. The van der Waals surface area contributed by atoms with Gasteiger partial charge < -0.3 is 14.6 Å². The van der Waals surface area contributed by atoms with E-state index < -0.39 is 40.5 Å². The van der Waals surface area contributed by atoms with Crippen LogP contribution in [-0.2, 0) is 28.7 Å². The molecule has 1 aliphatic heterocycles. The lowest BCUT2D eigenvalue weighted by atomic mass is 9.35. The largest absolute Gasteiger partial charge is 0.459 e. The Bertz CT molecular complexity index is 835. The minimum absolute atomic E-state index is 0.0255. The molecule has 1 N–H and O–H groups in total. The van der Waals surface area contributed by atoms with Gasteiger partial charge in [-0.15, -0.1) is 0 Å². The first-order valence-corrected chi connectivity index (χ1v) is 10.9. The second-order valence-corrected chi connectivity index (χ2v) is 10.7. The van der Waals surface area contributed by atoms with Crippen molar-refractivity contribution >= 4 is 23.5 Å². The van der Waals surface area contributed by atoms with Gasteiger partial charge in [-0.25, -0.2) is 0 Å². The first-order chi connectivity index (χ1) is 13.8. The summed E-state index contributed by atoms with van der Waals surface area (Å²) in [7, 11) is 0. The summed E-state index contributed by atoms with van der Waals surface area (Å²) < 4.78 is 11.4. The van der Waals surface area contributed by atoms with Crippen LogP contribution in [0.3, 0.4) is 0 Å². The number of fused-ring (bicyclic) bond motifs is 2. The maximum Gasteiger partial charge on any atom is 0.306 e. The standard InChI is InChI=1S/C23H32O7/c1-10-7-15(25)20(28)22(5)14(10)9-21(4)23(6)13(8-16(26)30-21)11(2)18(29-12(3)24)17(27)19(22)23/h10-11,13-15,18-19,25H,7-9H2,1-6H3/t10-,11-,13+,14+,15+,18+,19-,21-,22+,23+/m1/s1. The number of carbonyl (C=O) groups excluding carboxylic acids is 4. The van der Waals surface area contributed by atoms with Crippen LogP contribution in [0.15, 0.2) is 0 Å². The normalized spacial score (nSPS) is 52.8. The molecule has 0 aromatic carbocycles. The SMILES string of the molecule is CC(=O)O[C@@H]1C(=O)[C@@H]2[C@@]3(C)C(=O)[C@@H](O)C[C@@H](C)[C@@H]3C[C@@]3(C)OC(=O)C[C@@H]([C@H]1C)[C@@]23C. The van der Waals surface area contributed by atoms with Gasteiger partial charge in [0.15, 0.2) is 17.7 Å². The summed E-state index contributed by atoms with van der Waals surface area (Å²) in [6, 6.07) is 0. The Morgan fingerprint density at radius 3 is 2.37 bits per heavy atom. The van der Waals surface area contributed by atoms with Gasteiger partial charge in [-0.3, -0.25) is 19.2 Å². The van der Waals surface area contributed by atoms with Crippen molar-refractivity contribution in [2.45, 2.75) is 78.6 Å². The van der Waals surface area contributed by atoms with Gasteiger partial charge in [0.1, 0.15) is 11.7 Å². The predicted octanol–water partition coefficient (Wildman–Crippen LogP) is 2.08. The summed E-state index contributed by atoms with van der Waals surface area (Å²) in [5.41, 5.74) is -2.82. The molecule has 4 fully saturated rings. The summed E-state index contributed by atoms with van der Waals surface area (Å²) in [5, 5.41) is 10.6. The van der Waals surface area contributed by atoms with Crippen molar-refractivity contribution in [3.05, 3.63) is 0 Å². The number of hydrogen-bond acceptors (Lipinski definition) is 7. The number of hydrogen-bond donors (Lipinski definition) is 1. The maximum atomic E-state index is 13.9. The van der Waals surface area contributed by atoms with E-state index in [4.69, 9.17) is 9.47 Å². The molecule has 3 saturated carbocycles. The number of ether oxygens (including phenoxy) is 2. The number of Topliss-reactive ketones (excluding diaryl/α,β-unsaturated/α-hetero) is 2. The van der Waals surface area contributed by atoms with Gasteiger partial charge in [-0.2, -0.15) is 0 Å². The Balaban J connectivity index is 1.96. The molecule has 0 aromatic rings. The molecule has 0 amide bonds. The Labute approximate surface area is 176 Å². The minimum Gasteiger partial charge on any atom is -0.459 e. The van der Waals surface area contributed by atoms with Crippen LogP contribution in [0, 0.1) is 40.4 Å². The van der Waals surface area contributed by atoms with Crippen molar-refractivity contribution in [3.8, 4) is 0 Å². The van der Waals surface area contributed by atoms with E-state index in [0.717, 1.165) is 0 Å². The lowest BCUT2D eigenvalue weighted by molar-refractivity contribution is -0.277. The van der Waals surface area contributed by atoms with Crippen molar-refractivity contribution in [3.63, 3.8) is 0 Å². The third-order valence-corrected chi connectivity index (χ3v) is 9.30. The smallest absolute Gasteiger partial charge is 0.306 e. The maximum absolute atomic E-state index is 13.9. The van der Waals surface area contributed by atoms with Crippen LogP contribution in [0.4, 0.5) is 0 Å². The molecule has 0 unspecified atom stereocenters. The highest BCUT2D eigenvalue weighted by molar-refractivity contribution is 5.99. The Kier molecular flexibility index (Phi) is 4.56. The van der Waals surface area contributed by atoms with Gasteiger partial charge in [-0.1, -0.05) is 27.7 Å². The predicted molar refractivity (Wildman–Crippen MR) is 105 cm³/mol. The van der Waals surface area contributed by atoms with Gasteiger partial charge in [0, 0.05) is 36.0 Å². The number of esters is 2. The van der Waals surface area contributed by atoms with Gasteiger partial charge in [0.25, 0.3) is 0 Å². The molecule has 30 heavy (non-hydrogen) atoms. The summed E-state index contributed by atoms with van der Waals surface area (Å²) in [6.07, 6.45) is -1.23. The fourth-order valence-corrected chi connectivity index (χ4v) is 7.84. The molecule has 1 saturated heterocycles. The minimum atomic E-state index is -1.13. The molecular formula is C23H32O7. The van der Waals surface area contributed by atoms with E-state index in [1.165, 1.54) is 6.92 Å². The van der Waals surface area contributed by atoms with Crippen molar-refractivity contribution in [2.24, 2.45) is 40.4 Å². The lowest BCUT2D eigenvalue weighted by Crippen LogP contribution is -2.77. The second-order valence-electron chi connectivity index (χ2n) is 10.7. The number of carbonyl (C=O) groups is 4. The topological polar surface area (TPSA) is 107 Å². The van der Waals surface area contributed by atoms with Crippen LogP contribution in [0.25, 0.3) is 0 Å². The summed E-state index contributed by atoms with van der Waals surface area (Å²) in [6.45, 7) is 10.7. The van der Waals surface area contributed by atoms with Gasteiger partial charge in [-0.05, 0) is 37.5 Å². The van der Waals surface area contributed by atoms with Gasteiger partial charge in [0.2, 0.25) is 0 Å². The van der Waals surface area contributed by atoms with Crippen molar-refractivity contribution in [1.82, 2.24) is 0 Å². The highest BCUT2D eigenvalue weighted by Crippen LogP contribution is 2.70. The highest BCUT2D eigenvalue weighted by atomic mass is 16.6. The van der Waals surface area contributed by atoms with E-state index in [1.54, 1.807) is 6.92 Å². The monoisotopic (exact) mass is 420 g/mol. The Morgan fingerprint density at radius 2 is 1.77 bits per heavy atom. The molecule has 0 spiro atoms. The molecule has 10 atom stereocenters. The Morgan fingerprint density at radius 1 is 1.13 bits per heavy atom. The summed E-state index contributed by atoms with van der Waals surface area (Å²) >= 11 is 0. The van der Waals surface area contributed by atoms with E-state index in [2.05, 4.69) is 0 Å². The van der Waals surface area contributed by atoms with Gasteiger partial charge in [0.05, 0.1) is 0 Å². The molecule has 1 heterocycles. The van der Waals surface area contributed by atoms with E-state index in [0.29, 0.717) is 12.8 Å². The quantitative estimate of drug-likeness (QED) is 0.647. The molecule has 0 aromatic heterocycles. The fourth-order valence-electron chi connectivity index (χ4n) is 7.84. The van der Waals surface area contributed by atoms with Crippen molar-refractivity contribution in [1.29, 1.82) is 0 Å². The summed E-state index contributed by atoms with van der Waals surface area (Å²) in [5.74, 6) is -3.21. The van der Waals surface area contributed by atoms with Gasteiger partial charge >= 0.3 is 11.9 Å². The van der Waals surface area contributed by atoms with E-state index in [-0.39, 0.29) is 47.6 Å². The first-order valence-electron chi connectivity index (χ1n) is 10.9. The van der Waals surface area contributed by atoms with E-state index in [9.17, 15) is 24.3 Å². The van der Waals surface area contributed by atoms with Crippen LogP contribution in [-0.4, -0.2) is 46.4 Å². The zero-order chi connectivity index (χ0) is 22.4. The van der Waals surface area contributed by atoms with E-state index in [1.807, 2.05) is 27.7 Å². The average molecular weight is 421 g/mol. The van der Waals surface area contributed by atoms with Crippen LogP contribution >= 0.6 is 0 Å². The zero-order valence-electron chi connectivity index (χ0n) is 18.6. The third-order valence-electron chi connectivity index (χ3n) is 9.30. The molecule has 0 radical (unpaired) electrons. The van der Waals surface area contributed by atoms with Crippen LogP contribution in [0.2, 0.25) is 0 Å². The lowest BCUT2D eigenvalue weighted by Gasteiger charge is -2.70. The first kappa shape index (κ1) is 21.5. The van der Waals surface area contributed by atoms with Crippen molar-refractivity contribution in [2.75, 3.05) is 0 Å². The molecule has 4 aliphatic rings. The number of rotatable bonds is 1. The number of ketones is 2. The molecule has 7 heteroatoms. The van der Waals surface area contributed by atoms with Crippen molar-refractivity contribution < 1.29 is 33.8 Å². The van der Waals surface area contributed by atoms with Crippen LogP contribution in [0.5, 0.6) is 0 Å². The molecule has 3 aliphatic carbocycles. The van der Waals surface area contributed by atoms with E-state index >= 15 is 0 Å². The highest BCUT2D eigenvalue weighted by Gasteiger charge is 2.77. The average Bonchev–Trinajstić information content (AvgIpc) is 2.62. The molecule has 166 valence electrons. The van der Waals surface area contributed by atoms with Crippen LogP contribution in [0.1, 0.15) is 60.8 Å². The van der Waals surface area contributed by atoms with Crippen LogP contribution < -0.4 is 0 Å². The number of aliphatic hydroxyl groups excluding tert-OH is 1. The zero-order valence-corrected chi connectivity index (χ0v) is 18.6. The third kappa shape index (κ3) is 2.41. The molecule has 0 bridgehead atoms. The molecule has 4 rings (SSSR count). The molecule has 7 nitrogen and oxygen atoms in total. The number of aliphatic hydroxyl groups is 1. The fraction of sp³-hybridized carbons (Fsp3) is 0.826.